The average Bonchev–Trinajstić information content (AvgIpc) is 2.67. The minimum absolute atomic E-state index is 0.333. The molecule has 1 amide bonds. The fourth-order valence-corrected chi connectivity index (χ4v) is 2.91. The largest absolute Gasteiger partial charge is 0.449 e. The first kappa shape index (κ1) is 20.0. The molecule has 0 unspecified atom stereocenters. The number of nitrogens with one attached hydrogen (secondary N) is 1. The molecule has 0 saturated carbocycles. The first-order valence-electron chi connectivity index (χ1n) is 8.71. The van der Waals surface area contributed by atoms with E-state index in [0.29, 0.717) is 11.5 Å². The zero-order chi connectivity index (χ0) is 19.1. The topological polar surface area (TPSA) is 55.4 Å². The molecule has 0 aromatic heterocycles. The number of thioether (sulfide) groups is 1. The van der Waals surface area contributed by atoms with Gasteiger partial charge in [0.1, 0.15) is 0 Å². The average molecular weight is 372 g/mol. The van der Waals surface area contributed by atoms with Crippen LogP contribution >= 0.6 is 11.8 Å². The van der Waals surface area contributed by atoms with Gasteiger partial charge in [-0.3, -0.25) is 4.79 Å². The van der Waals surface area contributed by atoms with Crippen LogP contribution in [0.2, 0.25) is 0 Å². The summed E-state index contributed by atoms with van der Waals surface area (Å²) in [6.45, 7) is 5.80. The van der Waals surface area contributed by atoms with Gasteiger partial charge in [-0.25, -0.2) is 4.79 Å². The number of para-hydroxylation sites is 1. The summed E-state index contributed by atoms with van der Waals surface area (Å²) in [5.74, 6) is -0.510. The van der Waals surface area contributed by atoms with E-state index in [1.807, 2.05) is 42.7 Å². The van der Waals surface area contributed by atoms with Crippen molar-refractivity contribution in [3.63, 3.8) is 0 Å². The minimum atomic E-state index is -0.882. The van der Waals surface area contributed by atoms with Gasteiger partial charge >= 0.3 is 5.97 Å². The maximum absolute atomic E-state index is 12.5. The Morgan fingerprint density at radius 2 is 1.73 bits per heavy atom. The van der Waals surface area contributed by atoms with Crippen molar-refractivity contribution in [2.75, 3.05) is 11.6 Å². The standard InChI is InChI=1S/C21H25NO3S/c1-5-14(2)18-8-6-7-9-19(18)22-20(23)15(3)25-21(24)16-10-12-17(26-4)13-11-16/h6-15H,5H2,1-4H3,(H,22,23)/t14-,15-/m0/s1. The molecule has 1 N–H and O–H groups in total. The lowest BCUT2D eigenvalue weighted by Gasteiger charge is -2.18. The lowest BCUT2D eigenvalue weighted by atomic mass is 9.97. The zero-order valence-corrected chi connectivity index (χ0v) is 16.4. The van der Waals surface area contributed by atoms with Crippen molar-refractivity contribution in [1.82, 2.24) is 0 Å². The second-order valence-electron chi connectivity index (χ2n) is 6.16. The van der Waals surface area contributed by atoms with Crippen LogP contribution in [0.5, 0.6) is 0 Å². The molecule has 0 bridgehead atoms. The van der Waals surface area contributed by atoms with Crippen molar-refractivity contribution in [3.8, 4) is 0 Å². The maximum Gasteiger partial charge on any atom is 0.338 e. The molecule has 2 aromatic rings. The van der Waals surface area contributed by atoms with E-state index in [1.165, 1.54) is 0 Å². The molecule has 138 valence electrons. The Balaban J connectivity index is 2.02. The Morgan fingerprint density at radius 1 is 1.08 bits per heavy atom. The summed E-state index contributed by atoms with van der Waals surface area (Å²) in [6.07, 6.45) is 2.06. The van der Waals surface area contributed by atoms with Gasteiger partial charge in [0.2, 0.25) is 0 Å². The SMILES string of the molecule is CC[C@H](C)c1ccccc1NC(=O)[C@H](C)OC(=O)c1ccc(SC)cc1. The maximum atomic E-state index is 12.5. The Labute approximate surface area is 159 Å². The van der Waals surface area contributed by atoms with Crippen LogP contribution in [0.3, 0.4) is 0 Å². The van der Waals surface area contributed by atoms with Crippen molar-refractivity contribution in [3.05, 3.63) is 59.7 Å². The minimum Gasteiger partial charge on any atom is -0.449 e. The van der Waals surface area contributed by atoms with Crippen molar-refractivity contribution < 1.29 is 14.3 Å². The molecule has 0 saturated heterocycles. The second-order valence-corrected chi connectivity index (χ2v) is 7.04. The van der Waals surface area contributed by atoms with Crippen molar-refractivity contribution >= 4 is 29.3 Å². The lowest BCUT2D eigenvalue weighted by Crippen LogP contribution is -2.30. The van der Waals surface area contributed by atoms with E-state index in [2.05, 4.69) is 19.2 Å². The Kier molecular flexibility index (Phi) is 7.27. The van der Waals surface area contributed by atoms with E-state index in [4.69, 9.17) is 4.74 Å². The molecule has 2 atom stereocenters. The third kappa shape index (κ3) is 5.11. The highest BCUT2D eigenvalue weighted by molar-refractivity contribution is 7.98. The zero-order valence-electron chi connectivity index (χ0n) is 15.6. The number of ether oxygens (including phenoxy) is 1. The normalized spacial score (nSPS) is 12.9. The van der Waals surface area contributed by atoms with Crippen molar-refractivity contribution in [1.29, 1.82) is 0 Å². The number of carbonyl (C=O) groups excluding carboxylic acids is 2. The number of rotatable bonds is 7. The fourth-order valence-electron chi connectivity index (χ4n) is 2.50. The highest BCUT2D eigenvalue weighted by atomic mass is 32.2. The van der Waals surface area contributed by atoms with Crippen LogP contribution in [-0.4, -0.2) is 24.2 Å². The summed E-state index contributed by atoms with van der Waals surface area (Å²) in [5, 5.41) is 2.88. The first-order valence-corrected chi connectivity index (χ1v) is 9.93. The molecule has 0 spiro atoms. The van der Waals surface area contributed by atoms with E-state index < -0.39 is 12.1 Å². The van der Waals surface area contributed by atoms with Crippen LogP contribution in [0.15, 0.2) is 53.4 Å². The summed E-state index contributed by atoms with van der Waals surface area (Å²) in [7, 11) is 0. The van der Waals surface area contributed by atoms with Crippen LogP contribution in [-0.2, 0) is 9.53 Å². The van der Waals surface area contributed by atoms with Gasteiger partial charge in [0.05, 0.1) is 5.56 Å². The molecule has 0 aliphatic heterocycles. The van der Waals surface area contributed by atoms with E-state index in [9.17, 15) is 9.59 Å². The Bertz CT molecular complexity index is 758. The molecule has 2 aromatic carbocycles. The van der Waals surface area contributed by atoms with Gasteiger partial charge in [0, 0.05) is 10.6 Å². The van der Waals surface area contributed by atoms with Gasteiger partial charge in [-0.15, -0.1) is 11.8 Å². The Morgan fingerprint density at radius 3 is 2.35 bits per heavy atom. The molecule has 0 fully saturated rings. The number of esters is 1. The van der Waals surface area contributed by atoms with E-state index >= 15 is 0 Å². The van der Waals surface area contributed by atoms with Crippen LogP contribution in [0.1, 0.15) is 49.0 Å². The monoisotopic (exact) mass is 371 g/mol. The van der Waals surface area contributed by atoms with Gasteiger partial charge in [0.15, 0.2) is 6.10 Å². The van der Waals surface area contributed by atoms with Crippen molar-refractivity contribution in [2.24, 2.45) is 0 Å². The molecular formula is C21H25NO3S. The summed E-state index contributed by atoms with van der Waals surface area (Å²) in [6, 6.07) is 14.8. The van der Waals surface area contributed by atoms with Crippen LogP contribution in [0.25, 0.3) is 0 Å². The summed E-state index contributed by atoms with van der Waals surface area (Å²) in [4.78, 5) is 25.7. The van der Waals surface area contributed by atoms with Gasteiger partial charge in [-0.1, -0.05) is 32.0 Å². The third-order valence-corrected chi connectivity index (χ3v) is 5.08. The summed E-state index contributed by atoms with van der Waals surface area (Å²) in [5.41, 5.74) is 2.27. The van der Waals surface area contributed by atoms with Crippen LogP contribution in [0.4, 0.5) is 5.69 Å². The second kappa shape index (κ2) is 9.43. The van der Waals surface area contributed by atoms with Crippen LogP contribution in [0, 0.1) is 0 Å². The Hall–Kier alpha value is -2.27. The van der Waals surface area contributed by atoms with Gasteiger partial charge < -0.3 is 10.1 Å². The number of hydrogen-bond acceptors (Lipinski definition) is 4. The smallest absolute Gasteiger partial charge is 0.338 e. The molecule has 0 aliphatic carbocycles. The lowest BCUT2D eigenvalue weighted by molar-refractivity contribution is -0.123. The molecule has 0 heterocycles. The van der Waals surface area contributed by atoms with Gasteiger partial charge in [0.25, 0.3) is 5.91 Å². The molecule has 4 nitrogen and oxygen atoms in total. The number of benzene rings is 2. The third-order valence-electron chi connectivity index (χ3n) is 4.34. The number of anilines is 1. The number of amides is 1. The van der Waals surface area contributed by atoms with Gasteiger partial charge in [-0.2, -0.15) is 0 Å². The number of hydrogen-bond donors (Lipinski definition) is 1. The summed E-state index contributed by atoms with van der Waals surface area (Å²) < 4.78 is 5.31. The quantitative estimate of drug-likeness (QED) is 0.543. The fraction of sp³-hybridized carbons (Fsp3) is 0.333. The highest BCUT2D eigenvalue weighted by Crippen LogP contribution is 2.26. The molecule has 26 heavy (non-hydrogen) atoms. The van der Waals surface area contributed by atoms with E-state index in [1.54, 1.807) is 30.8 Å². The molecule has 0 aliphatic rings. The summed E-state index contributed by atoms with van der Waals surface area (Å²) >= 11 is 1.60. The van der Waals surface area contributed by atoms with E-state index in [-0.39, 0.29) is 5.91 Å². The molecular weight excluding hydrogens is 346 g/mol. The van der Waals surface area contributed by atoms with Crippen LogP contribution < -0.4 is 5.32 Å². The molecule has 2 rings (SSSR count). The molecule has 5 heteroatoms. The molecule has 0 radical (unpaired) electrons. The van der Waals surface area contributed by atoms with Crippen molar-refractivity contribution in [2.45, 2.75) is 44.1 Å². The predicted octanol–water partition coefficient (Wildman–Crippen LogP) is 5.11. The predicted molar refractivity (Wildman–Crippen MR) is 107 cm³/mol. The van der Waals surface area contributed by atoms with Gasteiger partial charge in [-0.05, 0) is 61.4 Å². The first-order chi connectivity index (χ1) is 12.5. The number of carbonyl (C=O) groups is 2. The highest BCUT2D eigenvalue weighted by Gasteiger charge is 2.20. The van der Waals surface area contributed by atoms with E-state index in [0.717, 1.165) is 22.6 Å².